The second kappa shape index (κ2) is 4.92. The zero-order valence-electron chi connectivity index (χ0n) is 10.7. The molecule has 1 aromatic carbocycles. The number of esters is 1. The van der Waals surface area contributed by atoms with E-state index in [0.29, 0.717) is 5.56 Å². The van der Waals surface area contributed by atoms with Crippen molar-refractivity contribution >= 4 is 15.8 Å². The number of carbonyl (C=O) groups excluding carboxylic acids is 1. The summed E-state index contributed by atoms with van der Waals surface area (Å²) in [6.45, 7) is 1.64. The fraction of sp³-hybridized carbons (Fsp3) is 0.462. The number of benzene rings is 1. The Morgan fingerprint density at radius 1 is 1.32 bits per heavy atom. The molecule has 0 radical (unpaired) electrons. The third kappa shape index (κ3) is 2.63. The third-order valence-electron chi connectivity index (χ3n) is 3.41. The van der Waals surface area contributed by atoms with Gasteiger partial charge in [-0.3, -0.25) is 4.79 Å². The van der Waals surface area contributed by atoms with Crippen LogP contribution in [0.5, 0.6) is 0 Å². The van der Waals surface area contributed by atoms with E-state index in [0.717, 1.165) is 6.07 Å². The van der Waals surface area contributed by atoms with Gasteiger partial charge in [-0.05, 0) is 43.5 Å². The van der Waals surface area contributed by atoms with Gasteiger partial charge in [-0.25, -0.2) is 12.8 Å². The van der Waals surface area contributed by atoms with Crippen molar-refractivity contribution in [3.8, 4) is 0 Å². The van der Waals surface area contributed by atoms with E-state index in [9.17, 15) is 17.6 Å². The molecule has 1 aliphatic carbocycles. The van der Waals surface area contributed by atoms with Crippen LogP contribution in [0, 0.1) is 18.7 Å². The summed E-state index contributed by atoms with van der Waals surface area (Å²) in [6.07, 6.45) is 0.481. The Hall–Kier alpha value is -1.43. The van der Waals surface area contributed by atoms with Crippen LogP contribution in [0.25, 0.3) is 0 Å². The van der Waals surface area contributed by atoms with E-state index in [1.807, 2.05) is 0 Å². The summed E-state index contributed by atoms with van der Waals surface area (Å²) in [5.74, 6) is -1.32. The second-order valence-electron chi connectivity index (χ2n) is 4.82. The first-order chi connectivity index (χ1) is 8.84. The summed E-state index contributed by atoms with van der Waals surface area (Å²) in [6, 6.07) is 3.74. The van der Waals surface area contributed by atoms with Gasteiger partial charge < -0.3 is 4.74 Å². The molecule has 0 saturated heterocycles. The number of aryl methyl sites for hydroxylation is 1. The van der Waals surface area contributed by atoms with Crippen molar-refractivity contribution in [3.05, 3.63) is 29.6 Å². The predicted molar refractivity (Wildman–Crippen MR) is 66.9 cm³/mol. The highest BCUT2D eigenvalue weighted by Crippen LogP contribution is 2.37. The predicted octanol–water partition coefficient (Wildman–Crippen LogP) is 1.86. The average molecular weight is 286 g/mol. The van der Waals surface area contributed by atoms with Crippen LogP contribution >= 0.6 is 0 Å². The number of hydrogen-bond donors (Lipinski definition) is 0. The van der Waals surface area contributed by atoms with Crippen LogP contribution in [0.3, 0.4) is 0 Å². The Labute approximate surface area is 111 Å². The highest BCUT2D eigenvalue weighted by Gasteiger charge is 2.43. The van der Waals surface area contributed by atoms with E-state index in [-0.39, 0.29) is 29.6 Å². The molecule has 104 valence electrons. The maximum atomic E-state index is 13.3. The molecular formula is C13H15FO4S. The van der Waals surface area contributed by atoms with Gasteiger partial charge in [0.2, 0.25) is 0 Å². The first kappa shape index (κ1) is 14.0. The maximum absolute atomic E-state index is 13.3. The Kier molecular flexibility index (Phi) is 3.62. The van der Waals surface area contributed by atoms with Crippen LogP contribution in [0.15, 0.2) is 23.1 Å². The smallest absolute Gasteiger partial charge is 0.308 e. The van der Waals surface area contributed by atoms with Crippen LogP contribution in [0.1, 0.15) is 18.4 Å². The lowest BCUT2D eigenvalue weighted by molar-refractivity contribution is -0.148. The van der Waals surface area contributed by atoms with Gasteiger partial charge in [-0.15, -0.1) is 0 Å². The molecule has 1 aliphatic rings. The van der Waals surface area contributed by atoms with Crippen LogP contribution in [-0.2, 0) is 19.4 Å². The largest absolute Gasteiger partial charge is 0.469 e. The number of carbonyl (C=O) groups is 1. The molecule has 0 heterocycles. The maximum Gasteiger partial charge on any atom is 0.308 e. The van der Waals surface area contributed by atoms with Crippen molar-refractivity contribution in [3.63, 3.8) is 0 Å². The van der Waals surface area contributed by atoms with Gasteiger partial charge in [0.15, 0.2) is 9.84 Å². The summed E-state index contributed by atoms with van der Waals surface area (Å²) < 4.78 is 42.3. The van der Waals surface area contributed by atoms with Crippen molar-refractivity contribution in [2.45, 2.75) is 29.9 Å². The van der Waals surface area contributed by atoms with Crippen molar-refractivity contribution in [2.24, 2.45) is 5.92 Å². The zero-order chi connectivity index (χ0) is 14.2. The van der Waals surface area contributed by atoms with Gasteiger partial charge in [-0.1, -0.05) is 0 Å². The van der Waals surface area contributed by atoms with E-state index in [1.165, 1.54) is 19.2 Å². The highest BCUT2D eigenvalue weighted by molar-refractivity contribution is 7.92. The highest BCUT2D eigenvalue weighted by atomic mass is 32.2. The van der Waals surface area contributed by atoms with E-state index < -0.39 is 20.9 Å². The SMILES string of the molecule is COC(=O)[C@H]1C[C@H](S(=O)(=O)c2cc(C)cc(F)c2)C1. The Morgan fingerprint density at radius 2 is 1.95 bits per heavy atom. The molecule has 2 rings (SSSR count). The molecule has 0 aliphatic heterocycles. The Balaban J connectivity index is 2.19. The molecular weight excluding hydrogens is 271 g/mol. The topological polar surface area (TPSA) is 60.4 Å². The van der Waals surface area contributed by atoms with Crippen LogP contribution in [0.2, 0.25) is 0 Å². The number of ether oxygens (including phenoxy) is 1. The molecule has 0 spiro atoms. The fourth-order valence-corrected chi connectivity index (χ4v) is 4.22. The molecule has 1 aromatic rings. The van der Waals surface area contributed by atoms with Crippen molar-refractivity contribution in [2.75, 3.05) is 7.11 Å². The van der Waals surface area contributed by atoms with Gasteiger partial charge in [0.1, 0.15) is 5.82 Å². The second-order valence-corrected chi connectivity index (χ2v) is 7.05. The number of sulfone groups is 1. The first-order valence-corrected chi connectivity index (χ1v) is 7.48. The summed E-state index contributed by atoms with van der Waals surface area (Å²) in [7, 11) is -2.29. The van der Waals surface area contributed by atoms with Crippen molar-refractivity contribution in [1.82, 2.24) is 0 Å². The molecule has 0 N–H and O–H groups in total. The minimum absolute atomic E-state index is 0.0154. The minimum atomic E-state index is -3.57. The Bertz CT molecular complexity index is 583. The van der Waals surface area contributed by atoms with Gasteiger partial charge in [-0.2, -0.15) is 0 Å². The zero-order valence-corrected chi connectivity index (χ0v) is 11.5. The molecule has 0 aromatic heterocycles. The molecule has 0 atom stereocenters. The summed E-state index contributed by atoms with van der Waals surface area (Å²) in [5, 5.41) is -0.627. The van der Waals surface area contributed by atoms with E-state index in [4.69, 9.17) is 0 Å². The van der Waals surface area contributed by atoms with E-state index >= 15 is 0 Å². The first-order valence-electron chi connectivity index (χ1n) is 5.93. The molecule has 0 bridgehead atoms. The summed E-state index contributed by atoms with van der Waals surface area (Å²) in [5.41, 5.74) is 0.558. The summed E-state index contributed by atoms with van der Waals surface area (Å²) in [4.78, 5) is 11.2. The molecule has 1 fully saturated rings. The van der Waals surface area contributed by atoms with Crippen molar-refractivity contribution < 1.29 is 22.3 Å². The number of methoxy groups -OCH3 is 1. The molecule has 0 amide bonds. The van der Waals surface area contributed by atoms with Crippen LogP contribution in [-0.4, -0.2) is 26.7 Å². The lowest BCUT2D eigenvalue weighted by Gasteiger charge is -2.32. The molecule has 0 unspecified atom stereocenters. The normalized spacial score (nSPS) is 22.7. The lowest BCUT2D eigenvalue weighted by Crippen LogP contribution is -2.40. The molecule has 4 nitrogen and oxygen atoms in total. The van der Waals surface area contributed by atoms with Gasteiger partial charge >= 0.3 is 5.97 Å². The number of halogens is 1. The van der Waals surface area contributed by atoms with Gasteiger partial charge in [0.25, 0.3) is 0 Å². The van der Waals surface area contributed by atoms with Crippen LogP contribution in [0.4, 0.5) is 4.39 Å². The average Bonchev–Trinajstić information content (AvgIpc) is 2.25. The Morgan fingerprint density at radius 3 is 2.47 bits per heavy atom. The van der Waals surface area contributed by atoms with E-state index in [2.05, 4.69) is 4.74 Å². The standard InChI is InChI=1S/C13H15FO4S/c1-8-3-10(14)7-11(4-8)19(16,17)12-5-9(6-12)13(15)18-2/h3-4,7,9,12H,5-6H2,1-2H3/t9-,12-. The summed E-state index contributed by atoms with van der Waals surface area (Å²) >= 11 is 0. The minimum Gasteiger partial charge on any atom is -0.469 e. The van der Waals surface area contributed by atoms with Crippen LogP contribution < -0.4 is 0 Å². The lowest BCUT2D eigenvalue weighted by atomic mass is 9.85. The van der Waals surface area contributed by atoms with Gasteiger partial charge in [0, 0.05) is 0 Å². The number of hydrogen-bond acceptors (Lipinski definition) is 4. The van der Waals surface area contributed by atoms with Crippen molar-refractivity contribution in [1.29, 1.82) is 0 Å². The molecule has 19 heavy (non-hydrogen) atoms. The number of rotatable bonds is 3. The van der Waals surface area contributed by atoms with Gasteiger partial charge in [0.05, 0.1) is 23.2 Å². The monoisotopic (exact) mass is 286 g/mol. The van der Waals surface area contributed by atoms with E-state index in [1.54, 1.807) is 6.92 Å². The third-order valence-corrected chi connectivity index (χ3v) is 5.57. The molecule has 1 saturated carbocycles. The fourth-order valence-electron chi connectivity index (χ4n) is 2.24. The molecule has 6 heteroatoms. The quantitative estimate of drug-likeness (QED) is 0.796.